The fourth-order valence-corrected chi connectivity index (χ4v) is 0.746. The Kier molecular flexibility index (Phi) is 3.55. The summed E-state index contributed by atoms with van der Waals surface area (Å²) in [7, 11) is 1.99. The van der Waals surface area contributed by atoms with Gasteiger partial charge < -0.3 is 5.32 Å². The molecule has 0 amide bonds. The molecule has 0 aliphatic carbocycles. The highest BCUT2D eigenvalue weighted by atomic mass is 14.9. The van der Waals surface area contributed by atoms with Gasteiger partial charge in [0.15, 0.2) is 0 Å². The Hall–Kier alpha value is -0.300. The lowest BCUT2D eigenvalue weighted by Crippen LogP contribution is -2.36. The van der Waals surface area contributed by atoms with E-state index in [9.17, 15) is 0 Å². The van der Waals surface area contributed by atoms with Crippen molar-refractivity contribution in [3.05, 3.63) is 12.2 Å². The Bertz CT molecular complexity index is 90.7. The Balaban J connectivity index is 3.92. The molecule has 0 bridgehead atoms. The van der Waals surface area contributed by atoms with Gasteiger partial charge >= 0.3 is 0 Å². The summed E-state index contributed by atoms with van der Waals surface area (Å²) in [5, 5.41) is 3.24. The number of nitrogens with one attached hydrogen (secondary N) is 1. The molecular weight excluding hydrogens is 110 g/mol. The minimum absolute atomic E-state index is 0.203. The summed E-state index contributed by atoms with van der Waals surface area (Å²) in [6.45, 7) is 6.41. The van der Waals surface area contributed by atoms with Gasteiger partial charge in [0.05, 0.1) is 0 Å². The first-order valence-electron chi connectivity index (χ1n) is 3.51. The summed E-state index contributed by atoms with van der Waals surface area (Å²) in [5.41, 5.74) is 0.203. The molecule has 0 radical (unpaired) electrons. The van der Waals surface area contributed by atoms with Gasteiger partial charge in [-0.3, -0.25) is 0 Å². The van der Waals surface area contributed by atoms with E-state index < -0.39 is 0 Å². The highest BCUT2D eigenvalue weighted by Crippen LogP contribution is 2.08. The highest BCUT2D eigenvalue weighted by Gasteiger charge is 2.12. The van der Waals surface area contributed by atoms with E-state index in [1.165, 1.54) is 0 Å². The third-order valence-electron chi connectivity index (χ3n) is 1.84. The molecule has 0 aliphatic rings. The molecule has 0 rings (SSSR count). The third kappa shape index (κ3) is 2.66. The maximum Gasteiger partial charge on any atom is 0.0330 e. The lowest BCUT2D eigenvalue weighted by atomic mass is 9.99. The lowest BCUT2D eigenvalue weighted by molar-refractivity contribution is 0.463. The summed E-state index contributed by atoms with van der Waals surface area (Å²) in [6.07, 6.45) is 5.40. The predicted molar refractivity (Wildman–Crippen MR) is 42.6 cm³/mol. The van der Waals surface area contributed by atoms with E-state index in [0.29, 0.717) is 0 Å². The zero-order valence-electron chi connectivity index (χ0n) is 6.86. The van der Waals surface area contributed by atoms with Gasteiger partial charge in [0, 0.05) is 5.54 Å². The van der Waals surface area contributed by atoms with Gasteiger partial charge in [-0.2, -0.15) is 0 Å². The minimum atomic E-state index is 0.203. The average Bonchev–Trinajstić information content (AvgIpc) is 1.89. The second-order valence-electron chi connectivity index (χ2n) is 2.52. The second-order valence-corrected chi connectivity index (χ2v) is 2.52. The van der Waals surface area contributed by atoms with Crippen LogP contribution in [0.3, 0.4) is 0 Å². The van der Waals surface area contributed by atoms with Gasteiger partial charge in [0.25, 0.3) is 0 Å². The van der Waals surface area contributed by atoms with Gasteiger partial charge in [0.2, 0.25) is 0 Å². The second kappa shape index (κ2) is 3.67. The molecule has 1 unspecified atom stereocenters. The Morgan fingerprint density at radius 3 is 2.22 bits per heavy atom. The summed E-state index contributed by atoms with van der Waals surface area (Å²) in [5.74, 6) is 0. The fraction of sp³-hybridized carbons (Fsp3) is 0.750. The van der Waals surface area contributed by atoms with Gasteiger partial charge in [-0.05, 0) is 27.3 Å². The fourth-order valence-electron chi connectivity index (χ4n) is 0.746. The maximum absolute atomic E-state index is 3.24. The summed E-state index contributed by atoms with van der Waals surface area (Å²) >= 11 is 0. The standard InChI is InChI=1S/C8H17N/c1-5-7-8(3,6-2)9-4/h5,7,9H,6H2,1-4H3/b7-5+. The van der Waals surface area contributed by atoms with Crippen molar-refractivity contribution in [1.82, 2.24) is 5.32 Å². The maximum atomic E-state index is 3.24. The van der Waals surface area contributed by atoms with Gasteiger partial charge in [-0.15, -0.1) is 0 Å². The molecule has 1 nitrogen and oxygen atoms in total. The molecule has 0 aromatic carbocycles. The molecule has 54 valence electrons. The Labute approximate surface area is 58.2 Å². The first kappa shape index (κ1) is 8.70. The van der Waals surface area contributed by atoms with Crippen LogP contribution in [0.25, 0.3) is 0 Å². The van der Waals surface area contributed by atoms with Crippen molar-refractivity contribution in [3.63, 3.8) is 0 Å². The molecule has 0 aromatic rings. The van der Waals surface area contributed by atoms with Crippen LogP contribution in [0.15, 0.2) is 12.2 Å². The molecule has 0 aromatic heterocycles. The zero-order chi connectivity index (χ0) is 7.33. The topological polar surface area (TPSA) is 12.0 Å². The smallest absolute Gasteiger partial charge is 0.0330 e. The molecular formula is C8H17N. The quantitative estimate of drug-likeness (QED) is 0.571. The van der Waals surface area contributed by atoms with Crippen LogP contribution in [-0.4, -0.2) is 12.6 Å². The van der Waals surface area contributed by atoms with E-state index in [2.05, 4.69) is 31.3 Å². The number of allylic oxidation sites excluding steroid dienone is 1. The van der Waals surface area contributed by atoms with Crippen molar-refractivity contribution in [3.8, 4) is 0 Å². The number of hydrogen-bond donors (Lipinski definition) is 1. The summed E-state index contributed by atoms with van der Waals surface area (Å²) < 4.78 is 0. The zero-order valence-corrected chi connectivity index (χ0v) is 6.86. The predicted octanol–water partition coefficient (Wildman–Crippen LogP) is 1.95. The molecule has 1 heteroatoms. The number of hydrogen-bond acceptors (Lipinski definition) is 1. The molecule has 0 fully saturated rings. The molecule has 0 saturated heterocycles. The normalized spacial score (nSPS) is 18.2. The van der Waals surface area contributed by atoms with E-state index in [0.717, 1.165) is 6.42 Å². The van der Waals surface area contributed by atoms with E-state index in [1.54, 1.807) is 0 Å². The Morgan fingerprint density at radius 1 is 1.56 bits per heavy atom. The average molecular weight is 127 g/mol. The number of rotatable bonds is 3. The summed E-state index contributed by atoms with van der Waals surface area (Å²) in [4.78, 5) is 0. The van der Waals surface area contributed by atoms with Crippen molar-refractivity contribution >= 4 is 0 Å². The summed E-state index contributed by atoms with van der Waals surface area (Å²) in [6, 6.07) is 0. The highest BCUT2D eigenvalue weighted by molar-refractivity contribution is 5.00. The molecule has 1 N–H and O–H groups in total. The largest absolute Gasteiger partial charge is 0.311 e. The molecule has 9 heavy (non-hydrogen) atoms. The van der Waals surface area contributed by atoms with Crippen LogP contribution >= 0.6 is 0 Å². The van der Waals surface area contributed by atoms with Crippen LogP contribution in [0.2, 0.25) is 0 Å². The van der Waals surface area contributed by atoms with Gasteiger partial charge in [-0.1, -0.05) is 19.1 Å². The number of likely N-dealkylation sites (N-methyl/N-ethyl adjacent to an activating group) is 1. The van der Waals surface area contributed by atoms with E-state index in [1.807, 2.05) is 14.0 Å². The molecule has 0 aliphatic heterocycles. The van der Waals surface area contributed by atoms with Crippen molar-refractivity contribution in [2.75, 3.05) is 7.05 Å². The molecule has 0 saturated carbocycles. The minimum Gasteiger partial charge on any atom is -0.311 e. The molecule has 0 heterocycles. The first-order chi connectivity index (χ1) is 4.18. The first-order valence-corrected chi connectivity index (χ1v) is 3.51. The van der Waals surface area contributed by atoms with E-state index in [4.69, 9.17) is 0 Å². The van der Waals surface area contributed by atoms with Crippen molar-refractivity contribution in [2.24, 2.45) is 0 Å². The lowest BCUT2D eigenvalue weighted by Gasteiger charge is -2.22. The monoisotopic (exact) mass is 127 g/mol. The van der Waals surface area contributed by atoms with Crippen LogP contribution in [0.4, 0.5) is 0 Å². The third-order valence-corrected chi connectivity index (χ3v) is 1.84. The molecule has 1 atom stereocenters. The van der Waals surface area contributed by atoms with Crippen molar-refractivity contribution < 1.29 is 0 Å². The van der Waals surface area contributed by atoms with Crippen LogP contribution in [-0.2, 0) is 0 Å². The van der Waals surface area contributed by atoms with Crippen molar-refractivity contribution in [1.29, 1.82) is 0 Å². The molecule has 0 spiro atoms. The van der Waals surface area contributed by atoms with Crippen LogP contribution in [0.1, 0.15) is 27.2 Å². The van der Waals surface area contributed by atoms with Crippen LogP contribution in [0.5, 0.6) is 0 Å². The van der Waals surface area contributed by atoms with Gasteiger partial charge in [0.1, 0.15) is 0 Å². The van der Waals surface area contributed by atoms with Crippen molar-refractivity contribution in [2.45, 2.75) is 32.7 Å². The SMILES string of the molecule is C/C=C/C(C)(CC)NC. The van der Waals surface area contributed by atoms with E-state index >= 15 is 0 Å². The van der Waals surface area contributed by atoms with Gasteiger partial charge in [-0.25, -0.2) is 0 Å². The van der Waals surface area contributed by atoms with Crippen LogP contribution in [0, 0.1) is 0 Å². The van der Waals surface area contributed by atoms with Crippen LogP contribution < -0.4 is 5.32 Å². The Morgan fingerprint density at radius 2 is 2.11 bits per heavy atom. The van der Waals surface area contributed by atoms with E-state index in [-0.39, 0.29) is 5.54 Å².